The zero-order chi connectivity index (χ0) is 14.3. The van der Waals surface area contributed by atoms with Gasteiger partial charge in [0.15, 0.2) is 0 Å². The van der Waals surface area contributed by atoms with Gasteiger partial charge in [-0.25, -0.2) is 0 Å². The Morgan fingerprint density at radius 3 is 2.37 bits per heavy atom. The summed E-state index contributed by atoms with van der Waals surface area (Å²) in [4.78, 5) is 11.9. The quantitative estimate of drug-likeness (QED) is 0.827. The highest BCUT2D eigenvalue weighted by atomic mass is 16.1. The van der Waals surface area contributed by atoms with Crippen molar-refractivity contribution in [3.8, 4) is 0 Å². The zero-order valence-corrected chi connectivity index (χ0v) is 12.5. The van der Waals surface area contributed by atoms with Gasteiger partial charge in [-0.05, 0) is 23.9 Å². The Hall–Kier alpha value is -1.35. The van der Waals surface area contributed by atoms with Gasteiger partial charge in [0.1, 0.15) is 0 Å². The molecule has 0 fully saturated rings. The maximum Gasteiger partial charge on any atom is 0.234 e. The molecule has 2 N–H and O–H groups in total. The van der Waals surface area contributed by atoms with Crippen LogP contribution in [0.5, 0.6) is 0 Å². The van der Waals surface area contributed by atoms with Gasteiger partial charge in [0.25, 0.3) is 0 Å². The molecule has 19 heavy (non-hydrogen) atoms. The van der Waals surface area contributed by atoms with Gasteiger partial charge in [0.2, 0.25) is 5.91 Å². The smallest absolute Gasteiger partial charge is 0.234 e. The molecule has 0 aliphatic carbocycles. The first-order valence-corrected chi connectivity index (χ1v) is 6.97. The molecule has 1 aromatic carbocycles. The van der Waals surface area contributed by atoms with Gasteiger partial charge >= 0.3 is 0 Å². The van der Waals surface area contributed by atoms with Crippen molar-refractivity contribution in [2.75, 3.05) is 13.1 Å². The number of benzene rings is 1. The molecule has 1 rings (SSSR count). The summed E-state index contributed by atoms with van der Waals surface area (Å²) in [6, 6.07) is 10.3. The second-order valence-corrected chi connectivity index (χ2v) is 6.08. The molecule has 3 nitrogen and oxygen atoms in total. The lowest BCUT2D eigenvalue weighted by Crippen LogP contribution is -2.37. The standard InChI is InChI=1S/C16H26N2O/c1-5-17-12-15(19)18-14(11-16(2,3)4)13-9-7-6-8-10-13/h6-10,14,17H,5,11-12H2,1-4H3,(H,18,19). The first kappa shape index (κ1) is 15.7. The molecular formula is C16H26N2O. The second-order valence-electron chi connectivity index (χ2n) is 6.08. The summed E-state index contributed by atoms with van der Waals surface area (Å²) in [6.07, 6.45) is 0.925. The molecule has 0 saturated carbocycles. The number of nitrogens with one attached hydrogen (secondary N) is 2. The van der Waals surface area contributed by atoms with Crippen LogP contribution in [0.2, 0.25) is 0 Å². The van der Waals surface area contributed by atoms with Crippen LogP contribution in [-0.4, -0.2) is 19.0 Å². The summed E-state index contributed by atoms with van der Waals surface area (Å²) >= 11 is 0. The lowest BCUT2D eigenvalue weighted by Gasteiger charge is -2.27. The summed E-state index contributed by atoms with van der Waals surface area (Å²) in [7, 11) is 0. The molecule has 1 amide bonds. The maximum atomic E-state index is 11.9. The number of carbonyl (C=O) groups excluding carboxylic acids is 1. The van der Waals surface area contributed by atoms with Crippen LogP contribution < -0.4 is 10.6 Å². The highest BCUT2D eigenvalue weighted by molar-refractivity contribution is 5.78. The normalized spacial score (nSPS) is 13.1. The van der Waals surface area contributed by atoms with Crippen LogP contribution in [0.1, 0.15) is 45.7 Å². The molecule has 1 unspecified atom stereocenters. The Morgan fingerprint density at radius 1 is 1.21 bits per heavy atom. The van der Waals surface area contributed by atoms with Crippen LogP contribution >= 0.6 is 0 Å². The first-order chi connectivity index (χ1) is 8.92. The fraction of sp³-hybridized carbons (Fsp3) is 0.562. The van der Waals surface area contributed by atoms with Gasteiger partial charge in [-0.2, -0.15) is 0 Å². The average molecular weight is 262 g/mol. The van der Waals surface area contributed by atoms with Gasteiger partial charge in [-0.15, -0.1) is 0 Å². The highest BCUT2D eigenvalue weighted by Crippen LogP contribution is 2.29. The largest absolute Gasteiger partial charge is 0.348 e. The van der Waals surface area contributed by atoms with Crippen molar-refractivity contribution >= 4 is 5.91 Å². The van der Waals surface area contributed by atoms with Crippen molar-refractivity contribution in [2.45, 2.75) is 40.2 Å². The molecule has 0 bridgehead atoms. The van der Waals surface area contributed by atoms with Crippen LogP contribution in [0.3, 0.4) is 0 Å². The third kappa shape index (κ3) is 6.39. The summed E-state index contributed by atoms with van der Waals surface area (Å²) < 4.78 is 0. The van der Waals surface area contributed by atoms with Crippen LogP contribution in [0.25, 0.3) is 0 Å². The Kier molecular flexibility index (Phi) is 6.03. The maximum absolute atomic E-state index is 11.9. The van der Waals surface area contributed by atoms with E-state index < -0.39 is 0 Å². The third-order valence-electron chi connectivity index (χ3n) is 2.89. The average Bonchev–Trinajstić information content (AvgIpc) is 2.35. The van der Waals surface area contributed by atoms with Crippen LogP contribution in [0.4, 0.5) is 0 Å². The van der Waals surface area contributed by atoms with Crippen molar-refractivity contribution in [1.29, 1.82) is 0 Å². The van der Waals surface area contributed by atoms with Gasteiger partial charge in [0.05, 0.1) is 12.6 Å². The molecule has 0 radical (unpaired) electrons. The monoisotopic (exact) mass is 262 g/mol. The molecule has 1 atom stereocenters. The van der Waals surface area contributed by atoms with E-state index in [2.05, 4.69) is 43.5 Å². The SMILES string of the molecule is CCNCC(=O)NC(CC(C)(C)C)c1ccccc1. The lowest BCUT2D eigenvalue weighted by atomic mass is 9.85. The van der Waals surface area contributed by atoms with E-state index in [9.17, 15) is 4.79 Å². The van der Waals surface area contributed by atoms with E-state index in [1.807, 2.05) is 25.1 Å². The Labute approximate surface area is 116 Å². The van der Waals surface area contributed by atoms with E-state index in [-0.39, 0.29) is 17.4 Å². The minimum atomic E-state index is 0.0555. The number of carbonyl (C=O) groups is 1. The molecule has 0 aliphatic rings. The van der Waals surface area contributed by atoms with E-state index in [1.165, 1.54) is 5.56 Å². The van der Waals surface area contributed by atoms with Crippen LogP contribution in [-0.2, 0) is 4.79 Å². The van der Waals surface area contributed by atoms with Gasteiger partial charge in [0, 0.05) is 0 Å². The predicted molar refractivity (Wildman–Crippen MR) is 79.9 cm³/mol. The molecule has 106 valence electrons. The number of likely N-dealkylation sites (N-methyl/N-ethyl adjacent to an activating group) is 1. The zero-order valence-electron chi connectivity index (χ0n) is 12.5. The van der Waals surface area contributed by atoms with E-state index in [1.54, 1.807) is 0 Å². The number of rotatable bonds is 6. The molecule has 0 aliphatic heterocycles. The summed E-state index contributed by atoms with van der Waals surface area (Å²) in [5.74, 6) is 0.0555. The molecule has 0 saturated heterocycles. The van der Waals surface area contributed by atoms with Crippen LogP contribution in [0.15, 0.2) is 30.3 Å². The summed E-state index contributed by atoms with van der Waals surface area (Å²) in [6.45, 7) is 9.77. The van der Waals surface area contributed by atoms with Crippen molar-refractivity contribution in [1.82, 2.24) is 10.6 Å². The van der Waals surface area contributed by atoms with Crippen LogP contribution in [0, 0.1) is 5.41 Å². The molecule has 0 spiro atoms. The van der Waals surface area contributed by atoms with E-state index >= 15 is 0 Å². The Balaban J connectivity index is 2.73. The Morgan fingerprint density at radius 2 is 1.84 bits per heavy atom. The van der Waals surface area contributed by atoms with Crippen molar-refractivity contribution in [3.63, 3.8) is 0 Å². The fourth-order valence-electron chi connectivity index (χ4n) is 2.03. The molecule has 3 heteroatoms. The van der Waals surface area contributed by atoms with E-state index in [0.29, 0.717) is 6.54 Å². The van der Waals surface area contributed by atoms with Crippen molar-refractivity contribution in [3.05, 3.63) is 35.9 Å². The number of hydrogen-bond donors (Lipinski definition) is 2. The van der Waals surface area contributed by atoms with Crippen molar-refractivity contribution in [2.24, 2.45) is 5.41 Å². The van der Waals surface area contributed by atoms with Gasteiger partial charge in [-0.1, -0.05) is 58.0 Å². The molecule has 1 aromatic rings. The predicted octanol–water partition coefficient (Wildman–Crippen LogP) is 2.89. The van der Waals surface area contributed by atoms with Gasteiger partial charge < -0.3 is 10.6 Å². The first-order valence-electron chi connectivity index (χ1n) is 6.97. The lowest BCUT2D eigenvalue weighted by molar-refractivity contribution is -0.121. The number of hydrogen-bond acceptors (Lipinski definition) is 2. The molecular weight excluding hydrogens is 236 g/mol. The minimum absolute atomic E-state index is 0.0555. The molecule has 0 heterocycles. The van der Waals surface area contributed by atoms with Crippen molar-refractivity contribution < 1.29 is 4.79 Å². The Bertz CT molecular complexity index is 381. The molecule has 0 aromatic heterocycles. The third-order valence-corrected chi connectivity index (χ3v) is 2.89. The van der Waals surface area contributed by atoms with E-state index in [4.69, 9.17) is 0 Å². The highest BCUT2D eigenvalue weighted by Gasteiger charge is 2.21. The summed E-state index contributed by atoms with van der Waals surface area (Å²) in [5.41, 5.74) is 1.34. The topological polar surface area (TPSA) is 41.1 Å². The van der Waals surface area contributed by atoms with E-state index in [0.717, 1.165) is 13.0 Å². The minimum Gasteiger partial charge on any atom is -0.348 e. The second kappa shape index (κ2) is 7.29. The number of amides is 1. The van der Waals surface area contributed by atoms with Gasteiger partial charge in [-0.3, -0.25) is 4.79 Å². The fourth-order valence-corrected chi connectivity index (χ4v) is 2.03. The summed E-state index contributed by atoms with van der Waals surface area (Å²) in [5, 5.41) is 6.18.